The van der Waals surface area contributed by atoms with Gasteiger partial charge in [0.05, 0.1) is 11.4 Å². The number of benzene rings is 2. The van der Waals surface area contributed by atoms with Crippen LogP contribution in [0.5, 0.6) is 0 Å². The van der Waals surface area contributed by atoms with Crippen molar-refractivity contribution < 1.29 is 0 Å². The Balaban J connectivity index is 0.00000101. The second kappa shape index (κ2) is 13.0. The molecule has 3 rings (SSSR count). The molecule has 2 aromatic rings. The first kappa shape index (κ1) is 24.7. The lowest BCUT2D eigenvalue weighted by atomic mass is 9.83. The van der Waals surface area contributed by atoms with Crippen LogP contribution < -0.4 is 0 Å². The van der Waals surface area contributed by atoms with Crippen molar-refractivity contribution in [3.8, 4) is 6.07 Å². The Morgan fingerprint density at radius 2 is 1.63 bits per heavy atom. The molecule has 0 N–H and O–H groups in total. The van der Waals surface area contributed by atoms with Crippen LogP contribution >= 0.6 is 23.2 Å². The van der Waals surface area contributed by atoms with E-state index in [2.05, 4.69) is 73.5 Å². The summed E-state index contributed by atoms with van der Waals surface area (Å²) in [7, 11) is 2.22. The van der Waals surface area contributed by atoms with Gasteiger partial charge in [-0.15, -0.1) is 23.2 Å². The van der Waals surface area contributed by atoms with E-state index in [1.54, 1.807) is 6.07 Å². The summed E-state index contributed by atoms with van der Waals surface area (Å²) in [6.07, 6.45) is 5.46. The van der Waals surface area contributed by atoms with Crippen LogP contribution in [-0.4, -0.2) is 28.7 Å². The third-order valence-corrected chi connectivity index (χ3v) is 7.16. The number of hydrogen-bond donors (Lipinski definition) is 0. The van der Waals surface area contributed by atoms with E-state index in [1.807, 2.05) is 0 Å². The number of halogens is 2. The van der Waals surface area contributed by atoms with E-state index < -0.39 is 0 Å². The lowest BCUT2D eigenvalue weighted by Gasteiger charge is -2.29. The molecule has 4 heteroatoms. The van der Waals surface area contributed by atoms with E-state index in [0.29, 0.717) is 12.0 Å². The van der Waals surface area contributed by atoms with E-state index in [-0.39, 0.29) is 10.8 Å². The molecule has 0 heterocycles. The van der Waals surface area contributed by atoms with Gasteiger partial charge in [-0.3, -0.25) is 4.90 Å². The summed E-state index contributed by atoms with van der Waals surface area (Å²) in [6, 6.07) is 22.2. The molecule has 1 aliphatic rings. The van der Waals surface area contributed by atoms with Gasteiger partial charge in [-0.25, -0.2) is 0 Å². The van der Waals surface area contributed by atoms with E-state index in [1.165, 1.54) is 30.0 Å². The van der Waals surface area contributed by atoms with Gasteiger partial charge in [0.15, 0.2) is 0 Å². The molecule has 1 saturated carbocycles. The van der Waals surface area contributed by atoms with E-state index >= 15 is 0 Å². The van der Waals surface area contributed by atoms with Crippen LogP contribution in [0, 0.1) is 11.3 Å². The Morgan fingerprint density at radius 1 is 1.00 bits per heavy atom. The molecule has 1 fully saturated rings. The largest absolute Gasteiger partial charge is 0.299 e. The van der Waals surface area contributed by atoms with Crippen LogP contribution in [-0.2, 0) is 13.0 Å². The topological polar surface area (TPSA) is 27.0 Å². The molecule has 0 amide bonds. The zero-order valence-corrected chi connectivity index (χ0v) is 19.9. The van der Waals surface area contributed by atoms with Crippen molar-refractivity contribution in [2.24, 2.45) is 0 Å². The van der Waals surface area contributed by atoms with Gasteiger partial charge in [-0.05, 0) is 68.7 Å². The molecule has 0 spiro atoms. The highest BCUT2D eigenvalue weighted by Gasteiger charge is 2.28. The standard InChI is InChI=1S/C24H31Cl2N.C2H3N/c1-18(27(2)17-20-6-4-3-5-7-20)8-9-19-10-12-21(13-11-19)22-14-15-23(25)24(26)16-22;1-2-3/h3-7,10-13,18,22-24H,8-9,14-17H2,1-2H3;1H3. The normalized spacial score (nSPS) is 22.0. The average Bonchev–Trinajstić information content (AvgIpc) is 2.75. The second-order valence-electron chi connectivity index (χ2n) is 8.30. The molecule has 0 aromatic heterocycles. The van der Waals surface area contributed by atoms with Crippen molar-refractivity contribution in [1.29, 1.82) is 5.26 Å². The Bertz CT molecular complexity index is 770. The minimum absolute atomic E-state index is 0.103. The predicted octanol–water partition coefficient (Wildman–Crippen LogP) is 7.15. The zero-order valence-electron chi connectivity index (χ0n) is 18.4. The highest BCUT2D eigenvalue weighted by molar-refractivity contribution is 6.30. The maximum atomic E-state index is 7.32. The fraction of sp³-hybridized carbons (Fsp3) is 0.500. The molecule has 162 valence electrons. The lowest BCUT2D eigenvalue weighted by molar-refractivity contribution is 0.238. The van der Waals surface area contributed by atoms with Crippen molar-refractivity contribution in [2.75, 3.05) is 7.05 Å². The number of aryl methyl sites for hydroxylation is 1. The molecule has 0 saturated heterocycles. The number of nitrogens with zero attached hydrogens (tertiary/aromatic N) is 2. The van der Waals surface area contributed by atoms with Gasteiger partial charge in [-0.1, -0.05) is 54.6 Å². The highest BCUT2D eigenvalue weighted by Crippen LogP contribution is 2.37. The van der Waals surface area contributed by atoms with Gasteiger partial charge in [0.2, 0.25) is 0 Å². The summed E-state index contributed by atoms with van der Waals surface area (Å²) in [5, 5.41) is 7.56. The first-order valence-electron chi connectivity index (χ1n) is 10.9. The Morgan fingerprint density at radius 3 is 2.23 bits per heavy atom. The maximum absolute atomic E-state index is 7.32. The number of rotatable bonds is 7. The first-order valence-corrected chi connectivity index (χ1v) is 11.7. The Hall–Kier alpha value is -1.53. The molecule has 0 radical (unpaired) electrons. The van der Waals surface area contributed by atoms with Crippen LogP contribution in [0.2, 0.25) is 0 Å². The molecule has 2 nitrogen and oxygen atoms in total. The van der Waals surface area contributed by atoms with Crippen molar-refractivity contribution in [2.45, 2.75) is 75.2 Å². The average molecular weight is 445 g/mol. The van der Waals surface area contributed by atoms with E-state index in [4.69, 9.17) is 28.5 Å². The predicted molar refractivity (Wildman–Crippen MR) is 129 cm³/mol. The molecule has 0 aliphatic heterocycles. The zero-order chi connectivity index (χ0) is 21.9. The lowest BCUT2D eigenvalue weighted by Crippen LogP contribution is -2.29. The van der Waals surface area contributed by atoms with Crippen LogP contribution in [0.4, 0.5) is 0 Å². The summed E-state index contributed by atoms with van der Waals surface area (Å²) >= 11 is 12.6. The van der Waals surface area contributed by atoms with Crippen LogP contribution in [0.25, 0.3) is 0 Å². The fourth-order valence-electron chi connectivity index (χ4n) is 3.96. The fourth-order valence-corrected chi connectivity index (χ4v) is 4.53. The van der Waals surface area contributed by atoms with Crippen molar-refractivity contribution in [3.05, 3.63) is 71.3 Å². The maximum Gasteiger partial charge on any atom is 0.0587 e. The van der Waals surface area contributed by atoms with Crippen molar-refractivity contribution in [1.82, 2.24) is 4.90 Å². The minimum atomic E-state index is 0.103. The third kappa shape index (κ3) is 7.95. The third-order valence-electron chi connectivity index (χ3n) is 6.02. The Labute approximate surface area is 192 Å². The molecule has 30 heavy (non-hydrogen) atoms. The molecule has 1 aliphatic carbocycles. The number of alkyl halides is 2. The summed E-state index contributed by atoms with van der Waals surface area (Å²) in [4.78, 5) is 2.44. The van der Waals surface area contributed by atoms with Gasteiger partial charge in [0, 0.05) is 24.9 Å². The monoisotopic (exact) mass is 444 g/mol. The van der Waals surface area contributed by atoms with Gasteiger partial charge >= 0.3 is 0 Å². The SMILES string of the molecule is CC#N.CC(CCc1ccc(C2CCC(Cl)C(Cl)C2)cc1)N(C)Cc1ccccc1. The second-order valence-corrected chi connectivity index (χ2v) is 9.42. The van der Waals surface area contributed by atoms with Crippen molar-refractivity contribution in [3.63, 3.8) is 0 Å². The summed E-state index contributed by atoms with van der Waals surface area (Å²) in [5.74, 6) is 0.562. The van der Waals surface area contributed by atoms with E-state index in [0.717, 1.165) is 32.2 Å². The Kier molecular flexibility index (Phi) is 10.7. The smallest absolute Gasteiger partial charge is 0.0587 e. The molecule has 4 atom stereocenters. The molecular weight excluding hydrogens is 411 g/mol. The van der Waals surface area contributed by atoms with Crippen molar-refractivity contribution >= 4 is 23.2 Å². The van der Waals surface area contributed by atoms with Crippen LogP contribution in [0.15, 0.2) is 54.6 Å². The van der Waals surface area contributed by atoms with Gasteiger partial charge in [-0.2, -0.15) is 5.26 Å². The highest BCUT2D eigenvalue weighted by atomic mass is 35.5. The van der Waals surface area contributed by atoms with Gasteiger partial charge < -0.3 is 0 Å². The molecule has 0 bridgehead atoms. The minimum Gasteiger partial charge on any atom is -0.299 e. The summed E-state index contributed by atoms with van der Waals surface area (Å²) in [5.41, 5.74) is 4.22. The number of nitriles is 1. The van der Waals surface area contributed by atoms with Crippen LogP contribution in [0.1, 0.15) is 62.1 Å². The first-order chi connectivity index (χ1) is 14.4. The molecular formula is C26H34Cl2N2. The quantitative estimate of drug-likeness (QED) is 0.423. The van der Waals surface area contributed by atoms with E-state index in [9.17, 15) is 0 Å². The molecule has 4 unspecified atom stereocenters. The van der Waals surface area contributed by atoms with Crippen LogP contribution in [0.3, 0.4) is 0 Å². The molecule has 2 aromatic carbocycles. The summed E-state index contributed by atoms with van der Waals surface area (Å²) < 4.78 is 0. The van der Waals surface area contributed by atoms with Gasteiger partial charge in [0.25, 0.3) is 0 Å². The van der Waals surface area contributed by atoms with Gasteiger partial charge in [0.1, 0.15) is 0 Å². The number of hydrogen-bond acceptors (Lipinski definition) is 2. The summed E-state index contributed by atoms with van der Waals surface area (Å²) in [6.45, 7) is 4.76.